The number of anilines is 2. The Morgan fingerprint density at radius 1 is 1.31 bits per heavy atom. The van der Waals surface area contributed by atoms with Crippen LogP contribution in [0.1, 0.15) is 0 Å². The van der Waals surface area contributed by atoms with Crippen LogP contribution in [0.4, 0.5) is 17.1 Å². The highest BCUT2D eigenvalue weighted by molar-refractivity contribution is 7.08. The van der Waals surface area contributed by atoms with Crippen LogP contribution >= 0.6 is 11.3 Å². The zero-order valence-corrected chi connectivity index (χ0v) is 8.90. The number of aromatic hydroxyl groups is 1. The molecule has 0 radical (unpaired) electrons. The lowest BCUT2D eigenvalue weighted by Crippen LogP contribution is -1.92. The summed E-state index contributed by atoms with van der Waals surface area (Å²) in [6.07, 6.45) is 0. The van der Waals surface area contributed by atoms with Crippen molar-refractivity contribution in [1.82, 2.24) is 0 Å². The molecule has 16 heavy (non-hydrogen) atoms. The molecule has 2 rings (SSSR count). The molecule has 1 aromatic carbocycles. The lowest BCUT2D eigenvalue weighted by molar-refractivity contribution is -0.385. The highest BCUT2D eigenvalue weighted by Crippen LogP contribution is 2.30. The van der Waals surface area contributed by atoms with Gasteiger partial charge < -0.3 is 10.4 Å². The van der Waals surface area contributed by atoms with Crippen molar-refractivity contribution in [2.45, 2.75) is 0 Å². The number of nitro benzene ring substituents is 1. The second-order valence-corrected chi connectivity index (χ2v) is 3.88. The number of hydrogen-bond donors (Lipinski definition) is 2. The predicted octanol–water partition coefficient (Wildman–Crippen LogP) is 3.11. The van der Waals surface area contributed by atoms with E-state index in [0.29, 0.717) is 5.69 Å². The van der Waals surface area contributed by atoms with Crippen molar-refractivity contribution < 1.29 is 10.0 Å². The zero-order chi connectivity index (χ0) is 11.5. The van der Waals surface area contributed by atoms with Gasteiger partial charge in [-0.25, -0.2) is 0 Å². The number of nitro groups is 1. The maximum absolute atomic E-state index is 10.6. The molecular formula is C10H8N2O3S. The van der Waals surface area contributed by atoms with Gasteiger partial charge in [0.05, 0.1) is 4.92 Å². The van der Waals surface area contributed by atoms with Crippen LogP contribution in [0.15, 0.2) is 35.0 Å². The summed E-state index contributed by atoms with van der Waals surface area (Å²) in [5.41, 5.74) is 1.13. The van der Waals surface area contributed by atoms with E-state index in [0.717, 1.165) is 5.69 Å². The Kier molecular flexibility index (Phi) is 2.74. The maximum Gasteiger partial charge on any atom is 0.312 e. The minimum Gasteiger partial charge on any atom is -0.502 e. The second kappa shape index (κ2) is 4.19. The number of hydrogen-bond acceptors (Lipinski definition) is 5. The Balaban J connectivity index is 2.29. The first-order valence-electron chi connectivity index (χ1n) is 4.43. The average molecular weight is 236 g/mol. The summed E-state index contributed by atoms with van der Waals surface area (Å²) in [6.45, 7) is 0. The van der Waals surface area contributed by atoms with Gasteiger partial charge in [0.25, 0.3) is 0 Å². The van der Waals surface area contributed by atoms with E-state index in [4.69, 9.17) is 0 Å². The van der Waals surface area contributed by atoms with Crippen LogP contribution < -0.4 is 5.32 Å². The molecule has 0 spiro atoms. The van der Waals surface area contributed by atoms with Crippen molar-refractivity contribution >= 4 is 28.4 Å². The molecule has 0 unspecified atom stereocenters. The number of phenols is 1. The van der Waals surface area contributed by atoms with E-state index >= 15 is 0 Å². The zero-order valence-electron chi connectivity index (χ0n) is 8.08. The van der Waals surface area contributed by atoms with Gasteiger partial charge in [-0.2, -0.15) is 11.3 Å². The smallest absolute Gasteiger partial charge is 0.312 e. The number of phenolic OH excluding ortho intramolecular Hbond substituents is 1. The van der Waals surface area contributed by atoms with E-state index in [9.17, 15) is 15.2 Å². The molecule has 0 bridgehead atoms. The van der Waals surface area contributed by atoms with Gasteiger partial charge in [-0.05, 0) is 23.6 Å². The van der Waals surface area contributed by atoms with Crippen molar-refractivity contribution in [2.24, 2.45) is 0 Å². The Bertz CT molecular complexity index is 511. The van der Waals surface area contributed by atoms with Crippen LogP contribution in [-0.2, 0) is 0 Å². The van der Waals surface area contributed by atoms with Gasteiger partial charge in [-0.1, -0.05) is 0 Å². The summed E-state index contributed by atoms with van der Waals surface area (Å²) in [5, 5.41) is 26.6. The fourth-order valence-corrected chi connectivity index (χ4v) is 1.84. The van der Waals surface area contributed by atoms with Crippen LogP contribution in [0.5, 0.6) is 5.75 Å². The molecule has 1 aromatic heterocycles. The summed E-state index contributed by atoms with van der Waals surface area (Å²) in [4.78, 5) is 9.98. The molecule has 0 amide bonds. The predicted molar refractivity (Wildman–Crippen MR) is 62.4 cm³/mol. The van der Waals surface area contributed by atoms with E-state index in [1.54, 1.807) is 6.07 Å². The van der Waals surface area contributed by atoms with Gasteiger partial charge in [-0.15, -0.1) is 0 Å². The number of nitrogens with zero attached hydrogens (tertiary/aromatic N) is 1. The van der Waals surface area contributed by atoms with Gasteiger partial charge in [0.1, 0.15) is 0 Å². The van der Waals surface area contributed by atoms with Crippen molar-refractivity contribution in [3.8, 4) is 5.75 Å². The highest BCUT2D eigenvalue weighted by Gasteiger charge is 2.13. The molecule has 0 aliphatic rings. The monoisotopic (exact) mass is 236 g/mol. The van der Waals surface area contributed by atoms with Crippen LogP contribution in [0.3, 0.4) is 0 Å². The summed E-state index contributed by atoms with van der Waals surface area (Å²) < 4.78 is 0. The minimum absolute atomic E-state index is 0.305. The first kappa shape index (κ1) is 10.4. The van der Waals surface area contributed by atoms with E-state index in [2.05, 4.69) is 5.32 Å². The Morgan fingerprint density at radius 2 is 2.12 bits per heavy atom. The molecule has 0 fully saturated rings. The third-order valence-corrected chi connectivity index (χ3v) is 2.67. The van der Waals surface area contributed by atoms with Crippen molar-refractivity contribution in [3.05, 3.63) is 45.1 Å². The van der Waals surface area contributed by atoms with Crippen LogP contribution in [-0.4, -0.2) is 10.0 Å². The van der Waals surface area contributed by atoms with Gasteiger partial charge in [0.2, 0.25) is 0 Å². The largest absolute Gasteiger partial charge is 0.502 e. The van der Waals surface area contributed by atoms with Crippen LogP contribution in [0.25, 0.3) is 0 Å². The van der Waals surface area contributed by atoms with Crippen molar-refractivity contribution in [1.29, 1.82) is 0 Å². The molecule has 1 heterocycles. The van der Waals surface area contributed by atoms with E-state index in [1.165, 1.54) is 23.5 Å². The summed E-state index contributed by atoms with van der Waals surface area (Å²) in [7, 11) is 0. The highest BCUT2D eigenvalue weighted by atomic mass is 32.1. The SMILES string of the molecule is O=[N+]([O-])c1cc(Nc2ccsc2)ccc1O. The normalized spacial score (nSPS) is 10.0. The second-order valence-electron chi connectivity index (χ2n) is 3.10. The molecule has 0 aliphatic heterocycles. The summed E-state index contributed by atoms with van der Waals surface area (Å²) in [5.74, 6) is -0.333. The van der Waals surface area contributed by atoms with Gasteiger partial charge in [0.15, 0.2) is 5.75 Å². The van der Waals surface area contributed by atoms with E-state index in [-0.39, 0.29) is 11.4 Å². The quantitative estimate of drug-likeness (QED) is 0.487. The van der Waals surface area contributed by atoms with Crippen molar-refractivity contribution in [3.63, 3.8) is 0 Å². The molecule has 6 heteroatoms. The standard InChI is InChI=1S/C10H8N2O3S/c13-10-2-1-7(5-9(10)12(14)15)11-8-3-4-16-6-8/h1-6,11,13H. The Morgan fingerprint density at radius 3 is 2.75 bits per heavy atom. The molecule has 82 valence electrons. The fourth-order valence-electron chi connectivity index (χ4n) is 1.25. The molecule has 2 aromatic rings. The first-order chi connectivity index (χ1) is 7.66. The van der Waals surface area contributed by atoms with E-state index in [1.807, 2.05) is 16.8 Å². The average Bonchev–Trinajstić information content (AvgIpc) is 2.73. The number of nitrogens with one attached hydrogen (secondary N) is 1. The number of benzene rings is 1. The fraction of sp³-hybridized carbons (Fsp3) is 0. The summed E-state index contributed by atoms with van der Waals surface area (Å²) >= 11 is 1.53. The number of rotatable bonds is 3. The lowest BCUT2D eigenvalue weighted by Gasteiger charge is -2.04. The molecule has 0 atom stereocenters. The summed E-state index contributed by atoms with van der Waals surface area (Å²) in [6, 6.07) is 6.04. The molecule has 0 aliphatic carbocycles. The minimum atomic E-state index is -0.617. The molecule has 2 N–H and O–H groups in total. The van der Waals surface area contributed by atoms with Crippen LogP contribution in [0, 0.1) is 10.1 Å². The van der Waals surface area contributed by atoms with Crippen molar-refractivity contribution in [2.75, 3.05) is 5.32 Å². The molecule has 0 saturated carbocycles. The molecular weight excluding hydrogens is 228 g/mol. The Hall–Kier alpha value is -2.08. The third kappa shape index (κ3) is 2.12. The third-order valence-electron chi connectivity index (χ3n) is 1.98. The first-order valence-corrected chi connectivity index (χ1v) is 5.38. The Labute approximate surface area is 95.1 Å². The number of thiophene rings is 1. The van der Waals surface area contributed by atoms with Gasteiger partial charge in [0, 0.05) is 22.8 Å². The van der Waals surface area contributed by atoms with Gasteiger partial charge in [-0.3, -0.25) is 10.1 Å². The van der Waals surface area contributed by atoms with Gasteiger partial charge >= 0.3 is 5.69 Å². The maximum atomic E-state index is 10.6. The van der Waals surface area contributed by atoms with E-state index < -0.39 is 4.92 Å². The van der Waals surface area contributed by atoms with Crippen LogP contribution in [0.2, 0.25) is 0 Å². The lowest BCUT2D eigenvalue weighted by atomic mass is 10.2. The molecule has 0 saturated heterocycles. The topological polar surface area (TPSA) is 75.4 Å². The molecule has 5 nitrogen and oxygen atoms in total.